The monoisotopic (exact) mass is 514 g/mol. The van der Waals surface area contributed by atoms with Crippen molar-refractivity contribution in [3.8, 4) is 0 Å². The molecule has 0 bridgehead atoms. The van der Waals surface area contributed by atoms with Crippen molar-refractivity contribution >= 4 is 18.7 Å². The molecule has 0 amide bonds. The number of methoxy groups -OCH3 is 1. The highest BCUT2D eigenvalue weighted by molar-refractivity contribution is 6.99. The zero-order valence-electron chi connectivity index (χ0n) is 22.7. The van der Waals surface area contributed by atoms with Gasteiger partial charge in [-0.05, 0) is 35.7 Å². The molecule has 0 aromatic heterocycles. The minimum absolute atomic E-state index is 0.135. The van der Waals surface area contributed by atoms with Crippen LogP contribution < -0.4 is 10.4 Å². The molecule has 2 aromatic carbocycles. The van der Waals surface area contributed by atoms with Gasteiger partial charge in [-0.15, -0.1) is 0 Å². The summed E-state index contributed by atoms with van der Waals surface area (Å²) in [5, 5.41) is 2.32. The molecule has 0 saturated carbocycles. The fourth-order valence-corrected chi connectivity index (χ4v) is 10.1. The van der Waals surface area contributed by atoms with Crippen LogP contribution in [0.1, 0.15) is 48.0 Å². The van der Waals surface area contributed by atoms with E-state index in [1.807, 2.05) is 13.8 Å². The Morgan fingerprint density at radius 3 is 1.94 bits per heavy atom. The molecule has 5 atom stereocenters. The van der Waals surface area contributed by atoms with Gasteiger partial charge in [0, 0.05) is 13.7 Å². The van der Waals surface area contributed by atoms with Crippen LogP contribution in [0.3, 0.4) is 0 Å². The molecular formula is C29H42O6Si. The zero-order valence-corrected chi connectivity index (χ0v) is 23.7. The quantitative estimate of drug-likeness (QED) is 0.467. The van der Waals surface area contributed by atoms with Crippen molar-refractivity contribution in [2.24, 2.45) is 0 Å². The Bertz CT molecular complexity index is 921. The number of rotatable bonds is 9. The van der Waals surface area contributed by atoms with Gasteiger partial charge >= 0.3 is 0 Å². The molecule has 2 aliphatic rings. The highest BCUT2D eigenvalue weighted by Gasteiger charge is 2.57. The Hall–Kier alpha value is -1.58. The Morgan fingerprint density at radius 2 is 1.44 bits per heavy atom. The van der Waals surface area contributed by atoms with Crippen molar-refractivity contribution < 1.29 is 28.1 Å². The summed E-state index contributed by atoms with van der Waals surface area (Å²) in [6, 6.07) is 21.3. The Labute approximate surface area is 217 Å². The maximum absolute atomic E-state index is 7.17. The molecule has 2 saturated heterocycles. The highest BCUT2D eigenvalue weighted by Crippen LogP contribution is 2.41. The van der Waals surface area contributed by atoms with E-state index in [4.69, 9.17) is 28.1 Å². The molecule has 0 N–H and O–H groups in total. The lowest BCUT2D eigenvalue weighted by Gasteiger charge is -2.46. The van der Waals surface area contributed by atoms with Gasteiger partial charge in [0.25, 0.3) is 8.32 Å². The molecule has 4 rings (SSSR count). The Kier molecular flexibility index (Phi) is 8.41. The molecule has 0 radical (unpaired) electrons. The Morgan fingerprint density at radius 1 is 0.889 bits per heavy atom. The van der Waals surface area contributed by atoms with E-state index in [1.54, 1.807) is 7.11 Å². The fourth-order valence-electron chi connectivity index (χ4n) is 5.56. The third-order valence-electron chi connectivity index (χ3n) is 7.06. The van der Waals surface area contributed by atoms with Crippen molar-refractivity contribution in [3.63, 3.8) is 0 Å². The van der Waals surface area contributed by atoms with Crippen molar-refractivity contribution in [1.82, 2.24) is 0 Å². The molecule has 2 heterocycles. The van der Waals surface area contributed by atoms with Crippen LogP contribution in [-0.4, -0.2) is 65.1 Å². The third-order valence-corrected chi connectivity index (χ3v) is 12.1. The number of hydrogen-bond donors (Lipinski definition) is 0. The lowest BCUT2D eigenvalue weighted by molar-refractivity contribution is -0.283. The van der Waals surface area contributed by atoms with Crippen LogP contribution >= 0.6 is 0 Å². The van der Waals surface area contributed by atoms with E-state index in [9.17, 15) is 0 Å². The maximum atomic E-state index is 7.17. The molecule has 0 aliphatic carbocycles. The number of fused-ring (bicyclic) bond motifs is 1. The second kappa shape index (κ2) is 11.0. The summed E-state index contributed by atoms with van der Waals surface area (Å²) in [5.41, 5.74) is 0. The van der Waals surface area contributed by atoms with Gasteiger partial charge in [0.2, 0.25) is 0 Å². The zero-order chi connectivity index (χ0) is 26.0. The summed E-state index contributed by atoms with van der Waals surface area (Å²) in [6.07, 6.45) is -1.04. The molecule has 36 heavy (non-hydrogen) atoms. The van der Waals surface area contributed by atoms with Crippen molar-refractivity contribution in [2.75, 3.05) is 20.3 Å². The summed E-state index contributed by atoms with van der Waals surface area (Å²) in [7, 11) is -1.08. The van der Waals surface area contributed by atoms with Crippen LogP contribution in [0.5, 0.6) is 0 Å². The maximum Gasteiger partial charge on any atom is 0.261 e. The average molecular weight is 515 g/mol. The van der Waals surface area contributed by atoms with Gasteiger partial charge in [0.15, 0.2) is 12.1 Å². The van der Waals surface area contributed by atoms with Crippen LogP contribution in [0.2, 0.25) is 5.04 Å². The average Bonchev–Trinajstić information content (AvgIpc) is 3.19. The van der Waals surface area contributed by atoms with Crippen LogP contribution in [0.4, 0.5) is 0 Å². The first-order chi connectivity index (χ1) is 17.1. The first-order valence-corrected chi connectivity index (χ1v) is 14.9. The van der Waals surface area contributed by atoms with Gasteiger partial charge in [-0.3, -0.25) is 0 Å². The standard InChI is InChI=1S/C29H42O6Si/c1-8-19-31-26-25-24(34-29(5,6)35-25)23(33-27(26)30-7)20-32-36(28(2,3)4,21-15-11-9-12-16-21)22-17-13-10-14-18-22/h9-18,23-27H,8,19-20H2,1-7H3/t23-,24+,25+,26-,27?/m1/s1. The molecule has 2 aromatic rings. The summed E-state index contributed by atoms with van der Waals surface area (Å²) < 4.78 is 38.3. The fraction of sp³-hybridized carbons (Fsp3) is 0.586. The predicted octanol–water partition coefficient (Wildman–Crippen LogP) is 4.25. The van der Waals surface area contributed by atoms with Gasteiger partial charge in [0.1, 0.15) is 24.4 Å². The summed E-state index contributed by atoms with van der Waals surface area (Å²) in [5.74, 6) is -0.745. The smallest absolute Gasteiger partial charge is 0.261 e. The van der Waals surface area contributed by atoms with E-state index in [0.717, 1.165) is 6.42 Å². The minimum atomic E-state index is -2.73. The molecular weight excluding hydrogens is 472 g/mol. The van der Waals surface area contributed by atoms with E-state index in [1.165, 1.54) is 10.4 Å². The molecule has 2 fully saturated rings. The molecule has 6 nitrogen and oxygen atoms in total. The molecule has 1 unspecified atom stereocenters. The summed E-state index contributed by atoms with van der Waals surface area (Å²) in [6.45, 7) is 13.7. The third kappa shape index (κ3) is 5.34. The Balaban J connectivity index is 1.69. The first kappa shape index (κ1) is 27.5. The predicted molar refractivity (Wildman–Crippen MR) is 143 cm³/mol. The van der Waals surface area contributed by atoms with Gasteiger partial charge in [-0.2, -0.15) is 0 Å². The van der Waals surface area contributed by atoms with Crippen LogP contribution in [0.25, 0.3) is 0 Å². The van der Waals surface area contributed by atoms with E-state index in [0.29, 0.717) is 13.2 Å². The van der Waals surface area contributed by atoms with Gasteiger partial charge in [0.05, 0.1) is 6.61 Å². The van der Waals surface area contributed by atoms with Crippen molar-refractivity contribution in [3.05, 3.63) is 60.7 Å². The van der Waals surface area contributed by atoms with E-state index >= 15 is 0 Å². The SMILES string of the molecule is CCCO[C@H]1C(OC)O[C@H](CO[Si](c2ccccc2)(c2ccccc2)C(C)(C)C)[C@@H]2OC(C)(C)O[C@@H]21. The van der Waals surface area contributed by atoms with Gasteiger partial charge in [-0.25, -0.2) is 0 Å². The van der Waals surface area contributed by atoms with Crippen LogP contribution in [-0.2, 0) is 28.1 Å². The molecule has 7 heteroatoms. The second-order valence-corrected chi connectivity index (χ2v) is 15.5. The van der Waals surface area contributed by atoms with Crippen LogP contribution in [0.15, 0.2) is 60.7 Å². The van der Waals surface area contributed by atoms with Crippen LogP contribution in [0, 0.1) is 0 Å². The number of benzene rings is 2. The molecule has 2 aliphatic heterocycles. The largest absolute Gasteiger partial charge is 0.405 e. The first-order valence-electron chi connectivity index (χ1n) is 13.0. The van der Waals surface area contributed by atoms with Crippen molar-refractivity contribution in [2.45, 2.75) is 89.5 Å². The lowest BCUT2D eigenvalue weighted by Crippen LogP contribution is -2.68. The summed E-state index contributed by atoms with van der Waals surface area (Å²) in [4.78, 5) is 0. The van der Waals surface area contributed by atoms with Gasteiger partial charge < -0.3 is 28.1 Å². The highest BCUT2D eigenvalue weighted by atomic mass is 28.4. The number of hydrogen-bond acceptors (Lipinski definition) is 6. The number of ether oxygens (including phenoxy) is 5. The summed E-state index contributed by atoms with van der Waals surface area (Å²) >= 11 is 0. The second-order valence-electron chi connectivity index (χ2n) is 11.2. The minimum Gasteiger partial charge on any atom is -0.405 e. The molecule has 198 valence electrons. The molecule has 0 spiro atoms. The van der Waals surface area contributed by atoms with E-state index in [-0.39, 0.29) is 29.5 Å². The topological polar surface area (TPSA) is 55.4 Å². The van der Waals surface area contributed by atoms with E-state index < -0.39 is 20.4 Å². The van der Waals surface area contributed by atoms with E-state index in [2.05, 4.69) is 88.4 Å². The lowest BCUT2D eigenvalue weighted by atomic mass is 9.99. The van der Waals surface area contributed by atoms with Gasteiger partial charge in [-0.1, -0.05) is 88.4 Å². The normalized spacial score (nSPS) is 28.1. The van der Waals surface area contributed by atoms with Crippen molar-refractivity contribution in [1.29, 1.82) is 0 Å².